The topological polar surface area (TPSA) is 64.3 Å². The molecule has 1 rings (SSSR count). The molecule has 0 saturated carbocycles. The maximum Gasteiger partial charge on any atom is 0.224 e. The van der Waals surface area contributed by atoms with Crippen molar-refractivity contribution in [2.45, 2.75) is 19.8 Å². The minimum absolute atomic E-state index is 0.0344. The van der Waals surface area contributed by atoms with E-state index in [0.717, 1.165) is 17.7 Å². The van der Waals surface area contributed by atoms with E-state index in [1.165, 1.54) is 0 Å². The van der Waals surface area contributed by atoms with Crippen LogP contribution in [0.1, 0.15) is 18.9 Å². The van der Waals surface area contributed by atoms with Crippen molar-refractivity contribution in [3.8, 4) is 5.75 Å². The van der Waals surface area contributed by atoms with Crippen LogP contribution in [-0.4, -0.2) is 26.1 Å². The summed E-state index contributed by atoms with van der Waals surface area (Å²) in [6, 6.07) is 7.55. The molecule has 0 aliphatic carbocycles. The average Bonchev–Trinajstić information content (AvgIpc) is 2.37. The lowest BCUT2D eigenvalue weighted by Crippen LogP contribution is -2.30. The molecule has 100 valence electrons. The zero-order valence-electron chi connectivity index (χ0n) is 11.1. The molecule has 0 radical (unpaired) electrons. The second-order valence-electron chi connectivity index (χ2n) is 4.51. The highest BCUT2D eigenvalue weighted by molar-refractivity contribution is 5.78. The lowest BCUT2D eigenvalue weighted by atomic mass is 10.1. The van der Waals surface area contributed by atoms with E-state index in [4.69, 9.17) is 10.5 Å². The first-order valence-electron chi connectivity index (χ1n) is 6.25. The fourth-order valence-electron chi connectivity index (χ4n) is 1.70. The van der Waals surface area contributed by atoms with Crippen LogP contribution in [0.5, 0.6) is 5.75 Å². The molecule has 1 aromatic rings. The standard InChI is InChI=1S/C14H22N2O2/c1-11(6-7-15)10-16-14(17)9-12-4-3-5-13(8-12)18-2/h3-5,8,11H,6-7,9-10,15H2,1-2H3,(H,16,17). The first-order valence-corrected chi connectivity index (χ1v) is 6.25. The van der Waals surface area contributed by atoms with Gasteiger partial charge in [0, 0.05) is 6.54 Å². The minimum Gasteiger partial charge on any atom is -0.497 e. The number of rotatable bonds is 7. The Morgan fingerprint density at radius 3 is 2.94 bits per heavy atom. The number of carbonyl (C=O) groups is 1. The van der Waals surface area contributed by atoms with E-state index in [-0.39, 0.29) is 5.91 Å². The van der Waals surface area contributed by atoms with Crippen molar-refractivity contribution in [2.75, 3.05) is 20.2 Å². The van der Waals surface area contributed by atoms with E-state index in [1.807, 2.05) is 24.3 Å². The van der Waals surface area contributed by atoms with Crippen molar-refractivity contribution >= 4 is 5.91 Å². The smallest absolute Gasteiger partial charge is 0.224 e. The van der Waals surface area contributed by atoms with Gasteiger partial charge >= 0.3 is 0 Å². The predicted molar refractivity (Wildman–Crippen MR) is 72.5 cm³/mol. The van der Waals surface area contributed by atoms with Gasteiger partial charge in [0.15, 0.2) is 0 Å². The van der Waals surface area contributed by atoms with Crippen LogP contribution in [0.3, 0.4) is 0 Å². The highest BCUT2D eigenvalue weighted by Gasteiger charge is 2.06. The summed E-state index contributed by atoms with van der Waals surface area (Å²) in [6.45, 7) is 3.42. The fraction of sp³-hybridized carbons (Fsp3) is 0.500. The minimum atomic E-state index is 0.0344. The number of ether oxygens (including phenoxy) is 1. The van der Waals surface area contributed by atoms with Gasteiger partial charge in [-0.25, -0.2) is 0 Å². The van der Waals surface area contributed by atoms with Crippen LogP contribution in [0.25, 0.3) is 0 Å². The van der Waals surface area contributed by atoms with Crippen molar-refractivity contribution in [3.05, 3.63) is 29.8 Å². The van der Waals surface area contributed by atoms with Gasteiger partial charge < -0.3 is 15.8 Å². The Kier molecular flexibility index (Phi) is 6.22. The molecular weight excluding hydrogens is 228 g/mol. The van der Waals surface area contributed by atoms with E-state index in [1.54, 1.807) is 7.11 Å². The third-order valence-electron chi connectivity index (χ3n) is 2.81. The number of carbonyl (C=O) groups excluding carboxylic acids is 1. The van der Waals surface area contributed by atoms with Gasteiger partial charge in [-0.1, -0.05) is 19.1 Å². The Balaban J connectivity index is 2.39. The number of hydrogen-bond acceptors (Lipinski definition) is 3. The number of benzene rings is 1. The number of hydrogen-bond donors (Lipinski definition) is 2. The molecule has 0 spiro atoms. The van der Waals surface area contributed by atoms with E-state index >= 15 is 0 Å². The van der Waals surface area contributed by atoms with E-state index in [2.05, 4.69) is 12.2 Å². The van der Waals surface area contributed by atoms with Crippen LogP contribution in [0.15, 0.2) is 24.3 Å². The average molecular weight is 250 g/mol. The number of methoxy groups -OCH3 is 1. The zero-order valence-corrected chi connectivity index (χ0v) is 11.1. The third kappa shape index (κ3) is 5.19. The van der Waals surface area contributed by atoms with Crippen LogP contribution >= 0.6 is 0 Å². The van der Waals surface area contributed by atoms with E-state index in [9.17, 15) is 4.79 Å². The number of amides is 1. The first-order chi connectivity index (χ1) is 8.65. The largest absolute Gasteiger partial charge is 0.497 e. The maximum absolute atomic E-state index is 11.7. The summed E-state index contributed by atoms with van der Waals surface area (Å²) in [5, 5.41) is 2.92. The van der Waals surface area contributed by atoms with Gasteiger partial charge in [-0.2, -0.15) is 0 Å². The number of nitrogens with one attached hydrogen (secondary N) is 1. The van der Waals surface area contributed by atoms with Gasteiger partial charge in [0.1, 0.15) is 5.75 Å². The van der Waals surface area contributed by atoms with Crippen molar-refractivity contribution < 1.29 is 9.53 Å². The Hall–Kier alpha value is -1.55. The molecule has 3 N–H and O–H groups in total. The van der Waals surface area contributed by atoms with Crippen LogP contribution in [0, 0.1) is 5.92 Å². The Labute approximate surface area is 109 Å². The van der Waals surface area contributed by atoms with Gasteiger partial charge in [0.2, 0.25) is 5.91 Å². The van der Waals surface area contributed by atoms with Crippen LogP contribution < -0.4 is 15.8 Å². The molecule has 1 unspecified atom stereocenters. The lowest BCUT2D eigenvalue weighted by molar-refractivity contribution is -0.120. The molecule has 0 aliphatic heterocycles. The van der Waals surface area contributed by atoms with Gasteiger partial charge in [-0.3, -0.25) is 4.79 Å². The molecule has 0 aliphatic rings. The van der Waals surface area contributed by atoms with E-state index in [0.29, 0.717) is 25.4 Å². The maximum atomic E-state index is 11.7. The monoisotopic (exact) mass is 250 g/mol. The molecule has 18 heavy (non-hydrogen) atoms. The highest BCUT2D eigenvalue weighted by Crippen LogP contribution is 2.12. The van der Waals surface area contributed by atoms with Crippen LogP contribution in [0.4, 0.5) is 0 Å². The molecular formula is C14H22N2O2. The molecule has 0 aromatic heterocycles. The quantitative estimate of drug-likeness (QED) is 0.767. The predicted octanol–water partition coefficient (Wildman–Crippen LogP) is 1.34. The van der Waals surface area contributed by atoms with Gasteiger partial charge in [0.05, 0.1) is 13.5 Å². The van der Waals surface area contributed by atoms with Crippen molar-refractivity contribution in [1.82, 2.24) is 5.32 Å². The summed E-state index contributed by atoms with van der Waals surface area (Å²) in [7, 11) is 1.62. The Morgan fingerprint density at radius 2 is 2.28 bits per heavy atom. The molecule has 0 bridgehead atoms. The summed E-state index contributed by atoms with van der Waals surface area (Å²) >= 11 is 0. The SMILES string of the molecule is COc1cccc(CC(=O)NCC(C)CCN)c1. The Bertz CT molecular complexity index is 380. The summed E-state index contributed by atoms with van der Waals surface area (Å²) in [5.41, 5.74) is 6.42. The molecule has 0 heterocycles. The molecule has 1 amide bonds. The fourth-order valence-corrected chi connectivity index (χ4v) is 1.70. The van der Waals surface area contributed by atoms with Crippen LogP contribution in [0.2, 0.25) is 0 Å². The zero-order chi connectivity index (χ0) is 13.4. The second-order valence-corrected chi connectivity index (χ2v) is 4.51. The lowest BCUT2D eigenvalue weighted by Gasteiger charge is -2.11. The molecule has 4 heteroatoms. The van der Waals surface area contributed by atoms with Gasteiger partial charge in [-0.15, -0.1) is 0 Å². The van der Waals surface area contributed by atoms with Crippen LogP contribution in [-0.2, 0) is 11.2 Å². The highest BCUT2D eigenvalue weighted by atomic mass is 16.5. The molecule has 1 aromatic carbocycles. The summed E-state index contributed by atoms with van der Waals surface area (Å²) in [6.07, 6.45) is 1.31. The molecule has 1 atom stereocenters. The normalized spacial score (nSPS) is 11.9. The summed E-state index contributed by atoms with van der Waals surface area (Å²) in [5.74, 6) is 1.23. The molecule has 4 nitrogen and oxygen atoms in total. The van der Waals surface area contributed by atoms with Gasteiger partial charge in [0.25, 0.3) is 0 Å². The third-order valence-corrected chi connectivity index (χ3v) is 2.81. The molecule has 0 saturated heterocycles. The Morgan fingerprint density at radius 1 is 1.50 bits per heavy atom. The van der Waals surface area contributed by atoms with Crippen molar-refractivity contribution in [1.29, 1.82) is 0 Å². The summed E-state index contributed by atoms with van der Waals surface area (Å²) < 4.78 is 5.12. The van der Waals surface area contributed by atoms with Gasteiger partial charge in [-0.05, 0) is 36.6 Å². The van der Waals surface area contributed by atoms with Crippen molar-refractivity contribution in [2.24, 2.45) is 11.7 Å². The summed E-state index contributed by atoms with van der Waals surface area (Å²) in [4.78, 5) is 11.7. The van der Waals surface area contributed by atoms with E-state index < -0.39 is 0 Å². The number of nitrogens with two attached hydrogens (primary N) is 1. The molecule has 0 fully saturated rings. The first kappa shape index (κ1) is 14.5. The second kappa shape index (κ2) is 7.71. The van der Waals surface area contributed by atoms with Crippen molar-refractivity contribution in [3.63, 3.8) is 0 Å².